The molecule has 0 saturated heterocycles. The van der Waals surface area contributed by atoms with Gasteiger partial charge in [-0.25, -0.2) is 0 Å². The summed E-state index contributed by atoms with van der Waals surface area (Å²) in [5, 5.41) is 0. The molecule has 0 spiro atoms. The number of rotatable bonds is 2. The highest BCUT2D eigenvalue weighted by atomic mass is 28.1. The van der Waals surface area contributed by atoms with Crippen molar-refractivity contribution in [2.75, 3.05) is 14.2 Å². The number of ether oxygens (including phenoxy) is 2. The van der Waals surface area contributed by atoms with Crippen molar-refractivity contribution in [3.8, 4) is 0 Å². The molecule has 0 N–H and O–H groups in total. The van der Waals surface area contributed by atoms with Gasteiger partial charge in [0.2, 0.25) is 0 Å². The Morgan fingerprint density at radius 2 is 1.75 bits per heavy atom. The molecule has 67 valence electrons. The second-order valence-electron chi connectivity index (χ2n) is 3.90. The normalized spacial score (nSPS) is 51.8. The van der Waals surface area contributed by atoms with E-state index in [0.29, 0.717) is 29.6 Å². The molecule has 5 atom stereocenters. The Morgan fingerprint density at radius 3 is 2.33 bits per heavy atom. The van der Waals surface area contributed by atoms with Gasteiger partial charge in [0.05, 0.1) is 12.2 Å². The second kappa shape index (κ2) is 3.12. The van der Waals surface area contributed by atoms with Crippen molar-refractivity contribution in [3.05, 3.63) is 0 Å². The van der Waals surface area contributed by atoms with Crippen LogP contribution in [-0.4, -0.2) is 36.7 Å². The van der Waals surface area contributed by atoms with Crippen LogP contribution >= 0.6 is 0 Å². The lowest BCUT2D eigenvalue weighted by Crippen LogP contribution is -2.37. The fourth-order valence-corrected chi connectivity index (χ4v) is 3.52. The number of methoxy groups -OCH3 is 2. The highest BCUT2D eigenvalue weighted by molar-refractivity contribution is 6.12. The minimum Gasteiger partial charge on any atom is -0.378 e. The summed E-state index contributed by atoms with van der Waals surface area (Å²) >= 11 is 0. The molecule has 2 aliphatic carbocycles. The standard InChI is InChI=1S/C9H15O2Si/c1-10-8-5-3-6(7(12)4-5)9(8)11-2/h5-9H,3-4H2,1-2H3. The number of hydrogen-bond donors (Lipinski definition) is 0. The van der Waals surface area contributed by atoms with Crippen LogP contribution in [0.15, 0.2) is 0 Å². The molecule has 0 aliphatic heterocycles. The zero-order chi connectivity index (χ0) is 8.72. The van der Waals surface area contributed by atoms with Crippen molar-refractivity contribution in [2.24, 2.45) is 11.8 Å². The Hall–Kier alpha value is 0.137. The summed E-state index contributed by atoms with van der Waals surface area (Å²) in [6, 6.07) is 0. The van der Waals surface area contributed by atoms with Gasteiger partial charge in [-0.1, -0.05) is 0 Å². The van der Waals surface area contributed by atoms with Crippen LogP contribution in [0.2, 0.25) is 5.54 Å². The van der Waals surface area contributed by atoms with Crippen molar-refractivity contribution in [3.63, 3.8) is 0 Å². The topological polar surface area (TPSA) is 18.5 Å². The third-order valence-electron chi connectivity index (χ3n) is 3.40. The number of hydrogen-bond acceptors (Lipinski definition) is 2. The lowest BCUT2D eigenvalue weighted by molar-refractivity contribution is -0.0635. The van der Waals surface area contributed by atoms with Gasteiger partial charge in [-0.3, -0.25) is 0 Å². The molecule has 2 fully saturated rings. The Labute approximate surface area is 77.0 Å². The van der Waals surface area contributed by atoms with E-state index in [1.807, 2.05) is 0 Å². The predicted octanol–water partition coefficient (Wildman–Crippen LogP) is 1.01. The lowest BCUT2D eigenvalue weighted by atomic mass is 9.94. The van der Waals surface area contributed by atoms with Gasteiger partial charge in [0.1, 0.15) is 0 Å². The smallest absolute Gasteiger partial charge is 0.0863 e. The fraction of sp³-hybridized carbons (Fsp3) is 1.00. The molecular weight excluding hydrogens is 168 g/mol. The van der Waals surface area contributed by atoms with Crippen LogP contribution < -0.4 is 0 Å². The van der Waals surface area contributed by atoms with Crippen LogP contribution in [0.3, 0.4) is 0 Å². The van der Waals surface area contributed by atoms with Crippen LogP contribution in [0.5, 0.6) is 0 Å². The molecule has 12 heavy (non-hydrogen) atoms. The van der Waals surface area contributed by atoms with Gasteiger partial charge in [-0.2, -0.15) is 0 Å². The van der Waals surface area contributed by atoms with E-state index in [2.05, 4.69) is 10.2 Å². The van der Waals surface area contributed by atoms with Crippen LogP contribution in [0.25, 0.3) is 0 Å². The molecule has 2 bridgehead atoms. The van der Waals surface area contributed by atoms with Gasteiger partial charge in [0.15, 0.2) is 0 Å². The van der Waals surface area contributed by atoms with E-state index in [9.17, 15) is 0 Å². The minimum absolute atomic E-state index is 0.316. The highest BCUT2D eigenvalue weighted by Gasteiger charge is 2.51. The molecule has 0 heterocycles. The van der Waals surface area contributed by atoms with E-state index in [-0.39, 0.29) is 0 Å². The highest BCUT2D eigenvalue weighted by Crippen LogP contribution is 2.52. The van der Waals surface area contributed by atoms with Crippen molar-refractivity contribution in [1.82, 2.24) is 0 Å². The first-order valence-electron chi connectivity index (χ1n) is 4.54. The number of fused-ring (bicyclic) bond motifs is 2. The summed E-state index contributed by atoms with van der Waals surface area (Å²) < 4.78 is 10.9. The Balaban J connectivity index is 2.11. The van der Waals surface area contributed by atoms with Crippen molar-refractivity contribution in [1.29, 1.82) is 0 Å². The van der Waals surface area contributed by atoms with E-state index >= 15 is 0 Å². The third-order valence-corrected chi connectivity index (χ3v) is 4.07. The summed E-state index contributed by atoms with van der Waals surface area (Å²) in [5.74, 6) is 1.38. The molecule has 0 amide bonds. The second-order valence-corrected chi connectivity index (χ2v) is 4.64. The largest absolute Gasteiger partial charge is 0.378 e. The average Bonchev–Trinajstić information content (AvgIpc) is 2.58. The molecule has 5 unspecified atom stereocenters. The van der Waals surface area contributed by atoms with Crippen LogP contribution in [-0.2, 0) is 9.47 Å². The summed E-state index contributed by atoms with van der Waals surface area (Å²) in [6.07, 6.45) is 3.18. The SMILES string of the molecule is COC1C2CC([Si])C(C2)C1OC. The van der Waals surface area contributed by atoms with Gasteiger partial charge in [0.25, 0.3) is 0 Å². The summed E-state index contributed by atoms with van der Waals surface area (Å²) in [6.45, 7) is 0. The molecule has 2 saturated carbocycles. The maximum atomic E-state index is 5.46. The predicted molar refractivity (Wildman–Crippen MR) is 47.3 cm³/mol. The Bertz CT molecular complexity index is 172. The van der Waals surface area contributed by atoms with Crippen LogP contribution in [0.4, 0.5) is 0 Å². The lowest BCUT2D eigenvalue weighted by Gasteiger charge is -2.32. The van der Waals surface area contributed by atoms with Gasteiger partial charge in [-0.15, -0.1) is 0 Å². The third kappa shape index (κ3) is 1.07. The molecular formula is C9H15O2Si. The van der Waals surface area contributed by atoms with Gasteiger partial charge in [-0.05, 0) is 30.2 Å². The first-order valence-corrected chi connectivity index (χ1v) is 5.12. The van der Waals surface area contributed by atoms with Gasteiger partial charge < -0.3 is 9.47 Å². The summed E-state index contributed by atoms with van der Waals surface area (Å²) in [5.41, 5.74) is 0.645. The van der Waals surface area contributed by atoms with E-state index in [1.54, 1.807) is 14.2 Å². The first-order chi connectivity index (χ1) is 5.77. The van der Waals surface area contributed by atoms with E-state index in [0.717, 1.165) is 0 Å². The Morgan fingerprint density at radius 1 is 1.08 bits per heavy atom. The molecule has 0 aromatic heterocycles. The maximum absolute atomic E-state index is 5.46. The summed E-state index contributed by atoms with van der Waals surface area (Å²) in [4.78, 5) is 0. The molecule has 2 rings (SSSR count). The van der Waals surface area contributed by atoms with Crippen molar-refractivity contribution in [2.45, 2.75) is 30.6 Å². The monoisotopic (exact) mass is 183 g/mol. The molecule has 2 nitrogen and oxygen atoms in total. The minimum atomic E-state index is 0.316. The summed E-state index contributed by atoms with van der Waals surface area (Å²) in [7, 11) is 7.33. The molecule has 3 heteroatoms. The first kappa shape index (κ1) is 8.72. The Kier molecular flexibility index (Phi) is 2.27. The zero-order valence-corrected chi connectivity index (χ0v) is 8.62. The van der Waals surface area contributed by atoms with Crippen LogP contribution in [0, 0.1) is 11.8 Å². The van der Waals surface area contributed by atoms with Gasteiger partial charge >= 0.3 is 0 Å². The quantitative estimate of drug-likeness (QED) is 0.595. The van der Waals surface area contributed by atoms with Crippen molar-refractivity contribution >= 4 is 10.2 Å². The molecule has 3 radical (unpaired) electrons. The zero-order valence-electron chi connectivity index (χ0n) is 7.62. The average molecular weight is 183 g/mol. The van der Waals surface area contributed by atoms with E-state index in [4.69, 9.17) is 9.47 Å². The molecule has 2 aliphatic rings. The van der Waals surface area contributed by atoms with E-state index in [1.165, 1.54) is 12.8 Å². The maximum Gasteiger partial charge on any atom is 0.0863 e. The van der Waals surface area contributed by atoms with E-state index < -0.39 is 0 Å². The van der Waals surface area contributed by atoms with Crippen LogP contribution in [0.1, 0.15) is 12.8 Å². The fourth-order valence-electron chi connectivity index (χ4n) is 2.89. The molecule has 0 aromatic carbocycles. The molecule has 0 aromatic rings. The van der Waals surface area contributed by atoms with Gasteiger partial charge in [0, 0.05) is 24.5 Å². The van der Waals surface area contributed by atoms with Crippen molar-refractivity contribution < 1.29 is 9.47 Å².